The summed E-state index contributed by atoms with van der Waals surface area (Å²) in [5, 5.41) is 0. The van der Waals surface area contributed by atoms with Gasteiger partial charge in [-0.15, -0.1) is 0 Å². The predicted molar refractivity (Wildman–Crippen MR) is 94.0 cm³/mol. The Kier molecular flexibility index (Phi) is 5.36. The second kappa shape index (κ2) is 8.06. The number of hydrogen-bond donors (Lipinski definition) is 0. The van der Waals surface area contributed by atoms with Gasteiger partial charge in [0.15, 0.2) is 0 Å². The minimum absolute atomic E-state index is 0.0581. The van der Waals surface area contributed by atoms with Gasteiger partial charge in [-0.3, -0.25) is 4.79 Å². The molecule has 126 valence electrons. The van der Waals surface area contributed by atoms with Crippen LogP contribution in [0.2, 0.25) is 0 Å². The Morgan fingerprint density at radius 3 is 2.48 bits per heavy atom. The van der Waals surface area contributed by atoms with E-state index in [-0.39, 0.29) is 12.4 Å². The molecular formula is C20H18N2O3. The third-order valence-electron chi connectivity index (χ3n) is 3.63. The minimum atomic E-state index is -0.359. The van der Waals surface area contributed by atoms with Gasteiger partial charge in [0, 0.05) is 11.8 Å². The highest BCUT2D eigenvalue weighted by molar-refractivity contribution is 5.71. The maximum atomic E-state index is 11.3. The Morgan fingerprint density at radius 1 is 1.00 bits per heavy atom. The second-order valence-electron chi connectivity index (χ2n) is 5.41. The molecule has 0 saturated carbocycles. The van der Waals surface area contributed by atoms with E-state index in [2.05, 4.69) is 14.7 Å². The topological polar surface area (TPSA) is 61.3 Å². The minimum Gasteiger partial charge on any atom is -0.489 e. The number of ether oxygens (including phenoxy) is 2. The zero-order chi connectivity index (χ0) is 17.5. The van der Waals surface area contributed by atoms with Crippen LogP contribution in [-0.2, 0) is 22.6 Å². The molecule has 0 unspecified atom stereocenters. The number of carbonyl (C=O) groups excluding carboxylic acids is 1. The first-order chi connectivity index (χ1) is 12.2. The first-order valence-electron chi connectivity index (χ1n) is 7.90. The SMILES string of the molecule is COC(=O)Cc1nccc(-c2ccc(OCc3ccccc3)cc2)n1. The van der Waals surface area contributed by atoms with Crippen molar-refractivity contribution < 1.29 is 14.3 Å². The monoisotopic (exact) mass is 334 g/mol. The Bertz CT molecular complexity index is 833. The van der Waals surface area contributed by atoms with Crippen LogP contribution in [0.4, 0.5) is 0 Å². The third-order valence-corrected chi connectivity index (χ3v) is 3.63. The molecule has 0 spiro atoms. The number of esters is 1. The molecule has 1 heterocycles. The van der Waals surface area contributed by atoms with Gasteiger partial charge in [-0.2, -0.15) is 0 Å². The van der Waals surface area contributed by atoms with Gasteiger partial charge >= 0.3 is 5.97 Å². The van der Waals surface area contributed by atoms with E-state index in [9.17, 15) is 4.79 Å². The lowest BCUT2D eigenvalue weighted by Gasteiger charge is -2.08. The zero-order valence-corrected chi connectivity index (χ0v) is 13.9. The van der Waals surface area contributed by atoms with Crippen molar-refractivity contribution in [1.82, 2.24) is 9.97 Å². The van der Waals surface area contributed by atoms with E-state index in [1.165, 1.54) is 7.11 Å². The molecule has 0 bridgehead atoms. The standard InChI is InChI=1S/C20H18N2O3/c1-24-20(23)13-19-21-12-11-18(22-19)16-7-9-17(10-8-16)25-14-15-5-3-2-4-6-15/h2-12H,13-14H2,1H3. The molecule has 1 aromatic heterocycles. The van der Waals surface area contributed by atoms with Gasteiger partial charge in [0.25, 0.3) is 0 Å². The summed E-state index contributed by atoms with van der Waals surface area (Å²) in [6.07, 6.45) is 1.70. The van der Waals surface area contributed by atoms with Crippen LogP contribution in [0.3, 0.4) is 0 Å². The number of benzene rings is 2. The molecule has 0 N–H and O–H groups in total. The van der Waals surface area contributed by atoms with Crippen LogP contribution in [0.1, 0.15) is 11.4 Å². The number of aromatic nitrogens is 2. The van der Waals surface area contributed by atoms with Crippen molar-refractivity contribution >= 4 is 5.97 Å². The highest BCUT2D eigenvalue weighted by Crippen LogP contribution is 2.21. The first kappa shape index (κ1) is 16.6. The van der Waals surface area contributed by atoms with E-state index in [0.29, 0.717) is 12.4 Å². The summed E-state index contributed by atoms with van der Waals surface area (Å²) >= 11 is 0. The number of hydrogen-bond acceptors (Lipinski definition) is 5. The van der Waals surface area contributed by atoms with Crippen LogP contribution in [0, 0.1) is 0 Å². The van der Waals surface area contributed by atoms with Crippen molar-refractivity contribution in [3.05, 3.63) is 78.2 Å². The number of rotatable bonds is 6. The molecule has 5 heteroatoms. The smallest absolute Gasteiger partial charge is 0.313 e. The maximum absolute atomic E-state index is 11.3. The molecule has 2 aromatic carbocycles. The van der Waals surface area contributed by atoms with Crippen molar-refractivity contribution in [2.24, 2.45) is 0 Å². The lowest BCUT2D eigenvalue weighted by molar-refractivity contribution is -0.139. The first-order valence-corrected chi connectivity index (χ1v) is 7.90. The maximum Gasteiger partial charge on any atom is 0.313 e. The lowest BCUT2D eigenvalue weighted by atomic mass is 10.1. The van der Waals surface area contributed by atoms with Crippen LogP contribution in [0.5, 0.6) is 5.75 Å². The molecular weight excluding hydrogens is 316 g/mol. The summed E-state index contributed by atoms with van der Waals surface area (Å²) in [5.41, 5.74) is 2.80. The van der Waals surface area contributed by atoms with Crippen LogP contribution >= 0.6 is 0 Å². The van der Waals surface area contributed by atoms with Gasteiger partial charge in [0.05, 0.1) is 12.8 Å². The fourth-order valence-electron chi connectivity index (χ4n) is 2.31. The summed E-state index contributed by atoms with van der Waals surface area (Å²) in [7, 11) is 1.35. The average molecular weight is 334 g/mol. The number of carbonyl (C=O) groups is 1. The van der Waals surface area contributed by atoms with E-state index in [1.807, 2.05) is 54.6 Å². The van der Waals surface area contributed by atoms with Gasteiger partial charge in [-0.05, 0) is 35.9 Å². The summed E-state index contributed by atoms with van der Waals surface area (Å²) in [6, 6.07) is 19.5. The molecule has 0 radical (unpaired) electrons. The summed E-state index contributed by atoms with van der Waals surface area (Å²) in [6.45, 7) is 0.525. The molecule has 0 atom stereocenters. The largest absolute Gasteiger partial charge is 0.489 e. The summed E-state index contributed by atoms with van der Waals surface area (Å²) < 4.78 is 10.4. The molecule has 25 heavy (non-hydrogen) atoms. The Balaban J connectivity index is 1.67. The van der Waals surface area contributed by atoms with E-state index in [1.54, 1.807) is 12.3 Å². The van der Waals surface area contributed by atoms with Crippen LogP contribution < -0.4 is 4.74 Å². The van der Waals surface area contributed by atoms with E-state index in [0.717, 1.165) is 22.6 Å². The normalized spacial score (nSPS) is 10.3. The molecule has 5 nitrogen and oxygen atoms in total. The van der Waals surface area contributed by atoms with Crippen molar-refractivity contribution in [1.29, 1.82) is 0 Å². The van der Waals surface area contributed by atoms with Gasteiger partial charge in [-0.25, -0.2) is 9.97 Å². The van der Waals surface area contributed by atoms with E-state index >= 15 is 0 Å². The molecule has 0 saturated heterocycles. The Hall–Kier alpha value is -3.21. The van der Waals surface area contributed by atoms with Crippen LogP contribution in [-0.4, -0.2) is 23.0 Å². The predicted octanol–water partition coefficient (Wildman–Crippen LogP) is 3.44. The second-order valence-corrected chi connectivity index (χ2v) is 5.41. The zero-order valence-electron chi connectivity index (χ0n) is 13.9. The van der Waals surface area contributed by atoms with Crippen LogP contribution in [0.25, 0.3) is 11.3 Å². The fourth-order valence-corrected chi connectivity index (χ4v) is 2.31. The highest BCUT2D eigenvalue weighted by atomic mass is 16.5. The average Bonchev–Trinajstić information content (AvgIpc) is 2.68. The molecule has 3 rings (SSSR count). The van der Waals surface area contributed by atoms with Gasteiger partial charge in [0.1, 0.15) is 24.6 Å². The number of nitrogens with zero attached hydrogens (tertiary/aromatic N) is 2. The van der Waals surface area contributed by atoms with Crippen molar-refractivity contribution in [3.63, 3.8) is 0 Å². The van der Waals surface area contributed by atoms with Crippen molar-refractivity contribution in [2.75, 3.05) is 7.11 Å². The molecule has 0 amide bonds. The third kappa shape index (κ3) is 4.64. The van der Waals surface area contributed by atoms with Gasteiger partial charge in [0.2, 0.25) is 0 Å². The molecule has 3 aromatic rings. The molecule has 0 fully saturated rings. The lowest BCUT2D eigenvalue weighted by Crippen LogP contribution is -2.08. The van der Waals surface area contributed by atoms with Crippen molar-refractivity contribution in [2.45, 2.75) is 13.0 Å². The van der Waals surface area contributed by atoms with E-state index < -0.39 is 0 Å². The fraction of sp³-hybridized carbons (Fsp3) is 0.150. The Labute approximate surface area is 146 Å². The highest BCUT2D eigenvalue weighted by Gasteiger charge is 2.08. The van der Waals surface area contributed by atoms with E-state index in [4.69, 9.17) is 4.74 Å². The molecule has 0 aliphatic rings. The van der Waals surface area contributed by atoms with Crippen LogP contribution in [0.15, 0.2) is 66.9 Å². The van der Waals surface area contributed by atoms with Crippen molar-refractivity contribution in [3.8, 4) is 17.0 Å². The molecule has 0 aliphatic carbocycles. The molecule has 0 aliphatic heterocycles. The van der Waals surface area contributed by atoms with Gasteiger partial charge in [-0.1, -0.05) is 30.3 Å². The van der Waals surface area contributed by atoms with Gasteiger partial charge < -0.3 is 9.47 Å². The number of methoxy groups -OCH3 is 1. The summed E-state index contributed by atoms with van der Waals surface area (Å²) in [4.78, 5) is 19.8. The Morgan fingerprint density at radius 2 is 1.76 bits per heavy atom. The summed E-state index contributed by atoms with van der Waals surface area (Å²) in [5.74, 6) is 0.868. The quantitative estimate of drug-likeness (QED) is 0.646.